The molecule has 1 aromatic rings. The van der Waals surface area contributed by atoms with E-state index in [-0.39, 0.29) is 0 Å². The van der Waals surface area contributed by atoms with Gasteiger partial charge in [-0.1, -0.05) is 44.2 Å². The summed E-state index contributed by atoms with van der Waals surface area (Å²) in [7, 11) is 1.88. The van der Waals surface area contributed by atoms with Crippen molar-refractivity contribution in [2.45, 2.75) is 32.2 Å². The van der Waals surface area contributed by atoms with E-state index in [1.54, 1.807) is 0 Å². The Morgan fingerprint density at radius 1 is 1.25 bits per heavy atom. The Hall–Kier alpha value is -1.37. The van der Waals surface area contributed by atoms with E-state index in [0.717, 1.165) is 25.2 Å². The zero-order chi connectivity index (χ0) is 14.6. The lowest BCUT2D eigenvalue weighted by Gasteiger charge is -2.40. The maximum absolute atomic E-state index is 9.72. The number of likely N-dealkylation sites (N-methyl/N-ethyl adjacent to an activating group) is 1. The number of benzene rings is 1. The van der Waals surface area contributed by atoms with Crippen molar-refractivity contribution in [3.8, 4) is 6.07 Å². The second kappa shape index (κ2) is 5.95. The number of hydrogen-bond acceptors (Lipinski definition) is 3. The number of likely N-dealkylation sites (tertiary alicyclic amines) is 1. The van der Waals surface area contributed by atoms with Gasteiger partial charge in [-0.05, 0) is 44.0 Å². The maximum Gasteiger partial charge on any atom is 0.144 e. The fourth-order valence-corrected chi connectivity index (χ4v) is 2.85. The standard InChI is InChI=1S/C17H25N3/c1-16(2)9-11-20(12-10-16)14-17(13-18,19-3)15-7-5-4-6-8-15/h4-8,19H,9-12,14H2,1-3H3. The summed E-state index contributed by atoms with van der Waals surface area (Å²) in [5, 5.41) is 13.0. The topological polar surface area (TPSA) is 39.1 Å². The van der Waals surface area contributed by atoms with Crippen LogP contribution in [0.1, 0.15) is 32.3 Å². The van der Waals surface area contributed by atoms with Gasteiger partial charge in [0.25, 0.3) is 0 Å². The van der Waals surface area contributed by atoms with Crippen LogP contribution in [-0.2, 0) is 5.54 Å². The molecule has 1 atom stereocenters. The van der Waals surface area contributed by atoms with Gasteiger partial charge in [-0.2, -0.15) is 5.26 Å². The number of rotatable bonds is 4. The van der Waals surface area contributed by atoms with E-state index >= 15 is 0 Å². The van der Waals surface area contributed by atoms with Gasteiger partial charge >= 0.3 is 0 Å². The molecule has 1 unspecified atom stereocenters. The van der Waals surface area contributed by atoms with Crippen molar-refractivity contribution in [2.75, 3.05) is 26.7 Å². The minimum atomic E-state index is -0.608. The van der Waals surface area contributed by atoms with Crippen LogP contribution >= 0.6 is 0 Å². The summed E-state index contributed by atoms with van der Waals surface area (Å²) in [6, 6.07) is 12.6. The summed E-state index contributed by atoms with van der Waals surface area (Å²) in [5.74, 6) is 0. The van der Waals surface area contributed by atoms with Crippen molar-refractivity contribution < 1.29 is 0 Å². The van der Waals surface area contributed by atoms with E-state index < -0.39 is 5.54 Å². The zero-order valence-corrected chi connectivity index (χ0v) is 12.8. The largest absolute Gasteiger partial charge is 0.300 e. The first-order valence-electron chi connectivity index (χ1n) is 7.39. The van der Waals surface area contributed by atoms with Crippen LogP contribution in [0, 0.1) is 16.7 Å². The van der Waals surface area contributed by atoms with E-state index in [1.807, 2.05) is 37.4 Å². The number of hydrogen-bond donors (Lipinski definition) is 1. The first-order chi connectivity index (χ1) is 9.51. The van der Waals surface area contributed by atoms with Crippen LogP contribution in [0.5, 0.6) is 0 Å². The van der Waals surface area contributed by atoms with E-state index in [0.29, 0.717) is 5.41 Å². The summed E-state index contributed by atoms with van der Waals surface area (Å²) in [5.41, 5.74) is 0.885. The van der Waals surface area contributed by atoms with Crippen molar-refractivity contribution in [3.63, 3.8) is 0 Å². The van der Waals surface area contributed by atoms with Crippen LogP contribution in [0.15, 0.2) is 30.3 Å². The lowest BCUT2D eigenvalue weighted by molar-refractivity contribution is 0.112. The van der Waals surface area contributed by atoms with Crippen LogP contribution in [0.2, 0.25) is 0 Å². The molecule has 0 amide bonds. The van der Waals surface area contributed by atoms with E-state index in [4.69, 9.17) is 0 Å². The summed E-state index contributed by atoms with van der Waals surface area (Å²) >= 11 is 0. The van der Waals surface area contributed by atoms with E-state index in [9.17, 15) is 5.26 Å². The highest BCUT2D eigenvalue weighted by Gasteiger charge is 2.35. The maximum atomic E-state index is 9.72. The molecule has 1 aromatic carbocycles. The summed E-state index contributed by atoms with van der Waals surface area (Å²) in [6.45, 7) is 7.56. The SMILES string of the molecule is CNC(C#N)(CN1CCC(C)(C)CC1)c1ccccc1. The van der Waals surface area contributed by atoms with Gasteiger partial charge in [-0.3, -0.25) is 5.32 Å². The van der Waals surface area contributed by atoms with Crippen LogP contribution < -0.4 is 5.32 Å². The van der Waals surface area contributed by atoms with Crippen LogP contribution in [0.3, 0.4) is 0 Å². The molecule has 1 heterocycles. The molecule has 0 aromatic heterocycles. The predicted molar refractivity (Wildman–Crippen MR) is 82.2 cm³/mol. The molecule has 108 valence electrons. The minimum absolute atomic E-state index is 0.443. The van der Waals surface area contributed by atoms with Gasteiger partial charge in [0.1, 0.15) is 5.54 Å². The molecule has 1 N–H and O–H groups in total. The highest BCUT2D eigenvalue weighted by Crippen LogP contribution is 2.31. The molecule has 1 saturated heterocycles. The first-order valence-corrected chi connectivity index (χ1v) is 7.39. The van der Waals surface area contributed by atoms with Crippen molar-refractivity contribution in [2.24, 2.45) is 5.41 Å². The summed E-state index contributed by atoms with van der Waals surface area (Å²) in [4.78, 5) is 2.41. The third-order valence-corrected chi connectivity index (χ3v) is 4.55. The molecule has 0 saturated carbocycles. The molecule has 2 rings (SSSR count). The number of nitriles is 1. The molecule has 3 heteroatoms. The average Bonchev–Trinajstić information content (AvgIpc) is 2.48. The van der Waals surface area contributed by atoms with Crippen molar-refractivity contribution in [1.29, 1.82) is 5.26 Å². The summed E-state index contributed by atoms with van der Waals surface area (Å²) < 4.78 is 0. The molecule has 0 aliphatic carbocycles. The van der Waals surface area contributed by atoms with Gasteiger partial charge in [0, 0.05) is 6.54 Å². The van der Waals surface area contributed by atoms with Crippen molar-refractivity contribution in [1.82, 2.24) is 10.2 Å². The van der Waals surface area contributed by atoms with Gasteiger partial charge in [0.2, 0.25) is 0 Å². The molecule has 1 fully saturated rings. The molecule has 0 radical (unpaired) electrons. The monoisotopic (exact) mass is 271 g/mol. The molecular weight excluding hydrogens is 246 g/mol. The van der Waals surface area contributed by atoms with Crippen molar-refractivity contribution in [3.05, 3.63) is 35.9 Å². The number of piperidine rings is 1. The second-order valence-electron chi connectivity index (χ2n) is 6.57. The Morgan fingerprint density at radius 2 is 1.85 bits per heavy atom. The van der Waals surface area contributed by atoms with Crippen LogP contribution in [0.4, 0.5) is 0 Å². The molecule has 0 bridgehead atoms. The van der Waals surface area contributed by atoms with Gasteiger partial charge in [-0.15, -0.1) is 0 Å². The Morgan fingerprint density at radius 3 is 2.35 bits per heavy atom. The fourth-order valence-electron chi connectivity index (χ4n) is 2.85. The number of nitrogens with one attached hydrogen (secondary N) is 1. The molecular formula is C17H25N3. The fraction of sp³-hybridized carbons (Fsp3) is 0.588. The predicted octanol–water partition coefficient (Wildman–Crippen LogP) is 2.75. The third kappa shape index (κ3) is 3.20. The van der Waals surface area contributed by atoms with Gasteiger partial charge in [0.05, 0.1) is 6.07 Å². The smallest absolute Gasteiger partial charge is 0.144 e. The normalized spacial score (nSPS) is 21.9. The molecule has 3 nitrogen and oxygen atoms in total. The quantitative estimate of drug-likeness (QED) is 0.915. The van der Waals surface area contributed by atoms with E-state index in [1.165, 1.54) is 12.8 Å². The minimum Gasteiger partial charge on any atom is -0.300 e. The third-order valence-electron chi connectivity index (χ3n) is 4.55. The Labute approximate surface area is 122 Å². The van der Waals surface area contributed by atoms with Gasteiger partial charge < -0.3 is 4.90 Å². The highest BCUT2D eigenvalue weighted by atomic mass is 15.2. The highest BCUT2D eigenvalue weighted by molar-refractivity contribution is 5.32. The van der Waals surface area contributed by atoms with Gasteiger partial charge in [0.15, 0.2) is 0 Å². The lowest BCUT2D eigenvalue weighted by atomic mass is 9.81. The summed E-state index contributed by atoms with van der Waals surface area (Å²) in [6.07, 6.45) is 2.40. The lowest BCUT2D eigenvalue weighted by Crippen LogP contribution is -2.51. The second-order valence-corrected chi connectivity index (χ2v) is 6.57. The van der Waals surface area contributed by atoms with Crippen LogP contribution in [0.25, 0.3) is 0 Å². The Balaban J connectivity index is 2.13. The molecule has 0 spiro atoms. The molecule has 20 heavy (non-hydrogen) atoms. The Kier molecular flexibility index (Phi) is 4.47. The van der Waals surface area contributed by atoms with Crippen LogP contribution in [-0.4, -0.2) is 31.6 Å². The van der Waals surface area contributed by atoms with Gasteiger partial charge in [-0.25, -0.2) is 0 Å². The molecule has 1 aliphatic rings. The first kappa shape index (κ1) is 15.0. The average molecular weight is 271 g/mol. The number of nitrogens with zero attached hydrogens (tertiary/aromatic N) is 2. The molecule has 1 aliphatic heterocycles. The van der Waals surface area contributed by atoms with E-state index in [2.05, 4.69) is 30.1 Å². The zero-order valence-electron chi connectivity index (χ0n) is 12.8. The Bertz CT molecular complexity index is 465. The van der Waals surface area contributed by atoms with Crippen molar-refractivity contribution >= 4 is 0 Å².